The summed E-state index contributed by atoms with van der Waals surface area (Å²) in [7, 11) is 3.25. The van der Waals surface area contributed by atoms with Crippen molar-refractivity contribution < 1.29 is 0 Å². The van der Waals surface area contributed by atoms with Crippen molar-refractivity contribution in [3.8, 4) is 11.8 Å². The molecule has 0 aliphatic heterocycles. The normalized spacial score (nSPS) is 7.78. The lowest BCUT2D eigenvalue weighted by Crippen LogP contribution is -1.70. The van der Waals surface area contributed by atoms with Crippen molar-refractivity contribution in [2.45, 2.75) is 50.5 Å². The molecule has 18 heavy (non-hydrogen) atoms. The van der Waals surface area contributed by atoms with E-state index < -0.39 is 0 Å². The Labute approximate surface area is 126 Å². The van der Waals surface area contributed by atoms with Gasteiger partial charge in [-0.15, -0.1) is 25.7 Å². The van der Waals surface area contributed by atoms with Crippen molar-refractivity contribution in [3.05, 3.63) is 0 Å². The lowest BCUT2D eigenvalue weighted by Gasteiger charge is -1.84. The number of hydrogen-bond donors (Lipinski definition) is 0. The van der Waals surface area contributed by atoms with Gasteiger partial charge in [0.25, 0.3) is 0 Å². The maximum Gasteiger partial charge on any atom is 0.0262 e. The van der Waals surface area contributed by atoms with E-state index >= 15 is 0 Å². The van der Waals surface area contributed by atoms with Crippen molar-refractivity contribution in [3.63, 3.8) is 0 Å². The highest BCUT2D eigenvalue weighted by Gasteiger charge is 1.74. The van der Waals surface area contributed by atoms with Crippen molar-refractivity contribution in [2.75, 3.05) is 37.5 Å². The second-order valence-corrected chi connectivity index (χ2v) is 7.16. The molecular weight excluding hydrogens is 273 g/mol. The van der Waals surface area contributed by atoms with Gasteiger partial charge in [-0.1, -0.05) is 62.3 Å². The van der Waals surface area contributed by atoms with Crippen LogP contribution in [0, 0.1) is 11.8 Å². The number of rotatable bonds is 5. The third-order valence-corrected chi connectivity index (χ3v) is 3.81. The van der Waals surface area contributed by atoms with Crippen LogP contribution in [-0.2, 0) is 0 Å². The molecule has 0 nitrogen and oxygen atoms in total. The molecule has 0 rings (SSSR count). The Balaban J connectivity index is -0.0000000359. The zero-order chi connectivity index (χ0) is 11.1. The molecule has 0 spiro atoms. The summed E-state index contributed by atoms with van der Waals surface area (Å²) in [6, 6.07) is 0. The quantitative estimate of drug-likeness (QED) is 0.320. The van der Waals surface area contributed by atoms with E-state index in [2.05, 4.69) is 39.3 Å². The minimum Gasteiger partial charge on any atom is -0.123 e. The molecule has 0 saturated carbocycles. The van der Waals surface area contributed by atoms with Crippen molar-refractivity contribution >= 4 is 25.7 Å². The predicted octanol–water partition coefficient (Wildman–Crippen LogP) is 6.25. The Morgan fingerprint density at radius 1 is 0.667 bits per heavy atom. The Morgan fingerprint density at radius 2 is 1.06 bits per heavy atom. The summed E-state index contributed by atoms with van der Waals surface area (Å²) in [6.45, 7) is 8.85. The second kappa shape index (κ2) is 43.1. The molecule has 0 heterocycles. The van der Waals surface area contributed by atoms with Crippen LogP contribution in [-0.4, -0.2) is 37.5 Å². The summed E-state index contributed by atoms with van der Waals surface area (Å²) in [5.41, 5.74) is 0. The fraction of sp³-hybridized carbons (Fsp3) is 0.867. The fourth-order valence-electron chi connectivity index (χ4n) is 0.651. The standard InChI is InChI=1S/C7H14P2.C4H11P.4CH4/c1-3-9-7-5-4-6-8-2;1-3-5-4-2;;;;/h8-9H,3,6-7H2,1-2H3;5H,3-4H2,1-2H3;4*1H4. The van der Waals surface area contributed by atoms with E-state index in [9.17, 15) is 0 Å². The van der Waals surface area contributed by atoms with Gasteiger partial charge in [0, 0.05) is 12.3 Å². The first-order valence-corrected chi connectivity index (χ1v) is 9.88. The van der Waals surface area contributed by atoms with Crippen LogP contribution in [0.5, 0.6) is 0 Å². The van der Waals surface area contributed by atoms with Crippen LogP contribution < -0.4 is 0 Å². The average molecular weight is 314 g/mol. The third-order valence-electron chi connectivity index (χ3n) is 1.35. The van der Waals surface area contributed by atoms with Gasteiger partial charge in [0.05, 0.1) is 0 Å². The topological polar surface area (TPSA) is 0 Å². The summed E-state index contributed by atoms with van der Waals surface area (Å²) in [5.74, 6) is 6.30. The largest absolute Gasteiger partial charge is 0.123 e. The highest BCUT2D eigenvalue weighted by Crippen LogP contribution is 2.05. The van der Waals surface area contributed by atoms with E-state index in [-0.39, 0.29) is 29.7 Å². The SMILES string of the molecule is C.C.C.C.CCPCC.CCPCC#CCPC. The van der Waals surface area contributed by atoms with Crippen LogP contribution in [0.4, 0.5) is 0 Å². The summed E-state index contributed by atoms with van der Waals surface area (Å²) in [4.78, 5) is 0. The third kappa shape index (κ3) is 54.0. The molecule has 0 radical (unpaired) electrons. The van der Waals surface area contributed by atoms with Crippen molar-refractivity contribution in [1.82, 2.24) is 0 Å². The van der Waals surface area contributed by atoms with E-state index in [4.69, 9.17) is 0 Å². The smallest absolute Gasteiger partial charge is 0.0262 e. The van der Waals surface area contributed by atoms with Crippen LogP contribution in [0.15, 0.2) is 0 Å². The molecule has 2 unspecified atom stereocenters. The van der Waals surface area contributed by atoms with E-state index in [0.29, 0.717) is 0 Å². The van der Waals surface area contributed by atoms with E-state index in [1.807, 2.05) is 0 Å². The van der Waals surface area contributed by atoms with Crippen LogP contribution in [0.25, 0.3) is 0 Å². The van der Waals surface area contributed by atoms with Gasteiger partial charge in [-0.05, 0) is 25.2 Å². The Kier molecular flexibility index (Phi) is 87.0. The lowest BCUT2D eigenvalue weighted by atomic mass is 10.7. The average Bonchev–Trinajstić information content (AvgIpc) is 2.20. The molecule has 0 saturated heterocycles. The highest BCUT2D eigenvalue weighted by molar-refractivity contribution is 7.38. The minimum absolute atomic E-state index is 0. The van der Waals surface area contributed by atoms with Gasteiger partial charge in [0.2, 0.25) is 0 Å². The highest BCUT2D eigenvalue weighted by atomic mass is 31.1. The summed E-state index contributed by atoms with van der Waals surface area (Å²) in [5, 5.41) is 0. The van der Waals surface area contributed by atoms with Crippen LogP contribution in [0.3, 0.4) is 0 Å². The molecule has 0 aromatic rings. The van der Waals surface area contributed by atoms with Crippen LogP contribution >= 0.6 is 25.7 Å². The molecule has 0 amide bonds. The van der Waals surface area contributed by atoms with Gasteiger partial charge in [-0.2, -0.15) is 0 Å². The second-order valence-electron chi connectivity index (χ2n) is 2.62. The molecule has 116 valence electrons. The number of hydrogen-bond acceptors (Lipinski definition) is 0. The molecular formula is C15H41P3. The minimum atomic E-state index is 0. The summed E-state index contributed by atoms with van der Waals surface area (Å²) in [6.07, 6.45) is 6.27. The first kappa shape index (κ1) is 36.4. The predicted molar refractivity (Wildman–Crippen MR) is 107 cm³/mol. The van der Waals surface area contributed by atoms with Gasteiger partial charge >= 0.3 is 0 Å². The van der Waals surface area contributed by atoms with Crippen molar-refractivity contribution in [2.24, 2.45) is 0 Å². The fourth-order valence-corrected chi connectivity index (χ4v) is 1.95. The summed E-state index contributed by atoms with van der Waals surface area (Å²) < 4.78 is 0. The zero-order valence-corrected chi connectivity index (χ0v) is 13.0. The van der Waals surface area contributed by atoms with Gasteiger partial charge in [-0.3, -0.25) is 0 Å². The van der Waals surface area contributed by atoms with Gasteiger partial charge in [-0.25, -0.2) is 0 Å². The van der Waals surface area contributed by atoms with Gasteiger partial charge in [0.15, 0.2) is 0 Å². The summed E-state index contributed by atoms with van der Waals surface area (Å²) >= 11 is 0. The maximum atomic E-state index is 3.16. The molecule has 0 aromatic carbocycles. The van der Waals surface area contributed by atoms with Crippen LogP contribution in [0.2, 0.25) is 0 Å². The van der Waals surface area contributed by atoms with Crippen LogP contribution in [0.1, 0.15) is 50.5 Å². The Hall–Kier alpha value is 0.850. The first-order chi connectivity index (χ1) is 6.83. The van der Waals surface area contributed by atoms with Crippen molar-refractivity contribution in [1.29, 1.82) is 0 Å². The molecule has 2 atom stereocenters. The van der Waals surface area contributed by atoms with Gasteiger partial charge < -0.3 is 0 Å². The molecule has 0 N–H and O–H groups in total. The molecule has 0 aliphatic carbocycles. The zero-order valence-electron chi connectivity index (χ0n) is 10.0. The Morgan fingerprint density at radius 3 is 1.33 bits per heavy atom. The maximum absolute atomic E-state index is 3.16. The Bertz CT molecular complexity index is 134. The molecule has 0 fully saturated rings. The monoisotopic (exact) mass is 314 g/mol. The molecule has 3 heteroatoms. The van der Waals surface area contributed by atoms with Gasteiger partial charge in [0.1, 0.15) is 0 Å². The first-order valence-electron chi connectivity index (χ1n) is 5.35. The van der Waals surface area contributed by atoms with E-state index in [1.54, 1.807) is 0 Å². The molecule has 0 bridgehead atoms. The van der Waals surface area contributed by atoms with E-state index in [0.717, 1.165) is 29.5 Å². The van der Waals surface area contributed by atoms with E-state index in [1.165, 1.54) is 27.1 Å². The lowest BCUT2D eigenvalue weighted by molar-refractivity contribution is 1.44. The molecule has 0 aromatic heterocycles. The molecule has 0 aliphatic rings.